The topological polar surface area (TPSA) is 55.8 Å². The zero-order chi connectivity index (χ0) is 20.9. The third-order valence-corrected chi connectivity index (χ3v) is 7.23. The van der Waals surface area contributed by atoms with Crippen LogP contribution < -0.4 is 9.47 Å². The van der Waals surface area contributed by atoms with Gasteiger partial charge >= 0.3 is 0 Å². The van der Waals surface area contributed by atoms with Gasteiger partial charge < -0.3 is 9.47 Å². The Morgan fingerprint density at radius 2 is 1.86 bits per heavy atom. The highest BCUT2D eigenvalue weighted by molar-refractivity contribution is 9.10. The number of halogens is 1. The number of benzene rings is 2. The van der Waals surface area contributed by atoms with Crippen LogP contribution in [0.4, 0.5) is 0 Å². The lowest BCUT2D eigenvalue weighted by atomic mass is 10.1. The van der Waals surface area contributed by atoms with E-state index in [1.54, 1.807) is 38.5 Å². The number of hydrogen-bond donors (Lipinski definition) is 0. The molecule has 0 aromatic heterocycles. The monoisotopic (exact) mass is 467 g/mol. The Morgan fingerprint density at radius 1 is 1.14 bits per heavy atom. The zero-order valence-electron chi connectivity index (χ0n) is 16.7. The first-order valence-corrected chi connectivity index (χ1v) is 11.1. The Labute approximate surface area is 176 Å². The van der Waals surface area contributed by atoms with Crippen LogP contribution in [0.15, 0.2) is 57.9 Å². The molecule has 0 spiro atoms. The van der Waals surface area contributed by atoms with Crippen molar-refractivity contribution in [1.29, 1.82) is 0 Å². The molecule has 2 rings (SSSR count). The van der Waals surface area contributed by atoms with E-state index in [4.69, 9.17) is 9.47 Å². The smallest absolute Gasteiger partial charge is 0.244 e. The molecule has 0 saturated heterocycles. The standard InChI is InChI=1S/C21H26BrNO4S/c1-6-15(2)13-23(14-17-8-9-18(26-4)12-20(17)27-5)28(24,25)21-11-16(3)7-10-19(21)22/h7-12H,2,6,13-14H2,1,3-5H3. The Kier molecular flexibility index (Phi) is 7.69. The van der Waals surface area contributed by atoms with Crippen LogP contribution in [-0.4, -0.2) is 33.5 Å². The molecule has 0 aliphatic rings. The van der Waals surface area contributed by atoms with Crippen molar-refractivity contribution in [2.24, 2.45) is 0 Å². The van der Waals surface area contributed by atoms with E-state index < -0.39 is 10.0 Å². The van der Waals surface area contributed by atoms with Crippen molar-refractivity contribution in [1.82, 2.24) is 4.31 Å². The van der Waals surface area contributed by atoms with Crippen LogP contribution in [-0.2, 0) is 16.6 Å². The Balaban J connectivity index is 2.51. The molecule has 0 N–H and O–H groups in total. The largest absolute Gasteiger partial charge is 0.497 e. The normalized spacial score (nSPS) is 11.5. The van der Waals surface area contributed by atoms with Gasteiger partial charge in [0.2, 0.25) is 10.0 Å². The van der Waals surface area contributed by atoms with E-state index in [2.05, 4.69) is 22.5 Å². The van der Waals surface area contributed by atoms with Gasteiger partial charge in [-0.2, -0.15) is 4.31 Å². The van der Waals surface area contributed by atoms with Crippen molar-refractivity contribution in [2.75, 3.05) is 20.8 Å². The number of hydrogen-bond acceptors (Lipinski definition) is 4. The fourth-order valence-corrected chi connectivity index (χ4v) is 5.16. The molecule has 0 fully saturated rings. The zero-order valence-corrected chi connectivity index (χ0v) is 19.1. The Hall–Kier alpha value is -1.83. The van der Waals surface area contributed by atoms with Gasteiger partial charge in [0.1, 0.15) is 11.5 Å². The number of methoxy groups -OCH3 is 2. The van der Waals surface area contributed by atoms with E-state index in [0.717, 1.165) is 16.7 Å². The molecule has 0 radical (unpaired) electrons. The summed E-state index contributed by atoms with van der Waals surface area (Å²) in [6.45, 7) is 8.23. The van der Waals surface area contributed by atoms with E-state index in [9.17, 15) is 8.42 Å². The van der Waals surface area contributed by atoms with Gasteiger partial charge in [0.15, 0.2) is 0 Å². The summed E-state index contributed by atoms with van der Waals surface area (Å²) in [5.41, 5.74) is 2.46. The number of sulfonamides is 1. The van der Waals surface area contributed by atoms with Gasteiger partial charge in [0.05, 0.1) is 19.1 Å². The second kappa shape index (κ2) is 9.58. The van der Waals surface area contributed by atoms with Crippen molar-refractivity contribution in [3.63, 3.8) is 0 Å². The molecule has 0 unspecified atom stereocenters. The lowest BCUT2D eigenvalue weighted by Gasteiger charge is -2.25. The van der Waals surface area contributed by atoms with Crippen molar-refractivity contribution in [3.05, 3.63) is 64.1 Å². The lowest BCUT2D eigenvalue weighted by molar-refractivity contribution is 0.378. The third-order valence-electron chi connectivity index (χ3n) is 4.45. The molecular formula is C21H26BrNO4S. The molecule has 0 aliphatic heterocycles. The van der Waals surface area contributed by atoms with Crippen LogP contribution in [0.5, 0.6) is 11.5 Å². The number of rotatable bonds is 9. The fraction of sp³-hybridized carbons (Fsp3) is 0.333. The second-order valence-electron chi connectivity index (χ2n) is 6.49. The molecule has 0 amide bonds. The lowest BCUT2D eigenvalue weighted by Crippen LogP contribution is -2.32. The van der Waals surface area contributed by atoms with E-state index >= 15 is 0 Å². The summed E-state index contributed by atoms with van der Waals surface area (Å²) in [5, 5.41) is 0. The van der Waals surface area contributed by atoms with Gasteiger partial charge in [-0.3, -0.25) is 0 Å². The number of ether oxygens (including phenoxy) is 2. The molecule has 2 aromatic rings. The van der Waals surface area contributed by atoms with Gasteiger partial charge in [-0.25, -0.2) is 8.42 Å². The highest BCUT2D eigenvalue weighted by Gasteiger charge is 2.28. The van der Waals surface area contributed by atoms with E-state index in [1.165, 1.54) is 4.31 Å². The van der Waals surface area contributed by atoms with Crippen LogP contribution >= 0.6 is 15.9 Å². The number of aryl methyl sites for hydroxylation is 1. The van der Waals surface area contributed by atoms with Gasteiger partial charge in [0.25, 0.3) is 0 Å². The van der Waals surface area contributed by atoms with E-state index in [0.29, 0.717) is 22.4 Å². The summed E-state index contributed by atoms with van der Waals surface area (Å²) in [7, 11) is -0.630. The molecular weight excluding hydrogens is 442 g/mol. The van der Waals surface area contributed by atoms with Crippen LogP contribution in [0.25, 0.3) is 0 Å². The molecule has 28 heavy (non-hydrogen) atoms. The highest BCUT2D eigenvalue weighted by Crippen LogP contribution is 2.31. The third kappa shape index (κ3) is 5.16. The minimum Gasteiger partial charge on any atom is -0.497 e. The van der Waals surface area contributed by atoms with Gasteiger partial charge in [-0.05, 0) is 53.0 Å². The SMILES string of the molecule is C=C(CC)CN(Cc1ccc(OC)cc1OC)S(=O)(=O)c1cc(C)ccc1Br. The Morgan fingerprint density at radius 3 is 2.46 bits per heavy atom. The van der Waals surface area contributed by atoms with Crippen molar-refractivity contribution in [3.8, 4) is 11.5 Å². The summed E-state index contributed by atoms with van der Waals surface area (Å²) in [6, 6.07) is 10.7. The van der Waals surface area contributed by atoms with Crippen molar-refractivity contribution >= 4 is 26.0 Å². The molecule has 0 bridgehead atoms. The summed E-state index contributed by atoms with van der Waals surface area (Å²) in [5.74, 6) is 1.22. The minimum absolute atomic E-state index is 0.162. The maximum Gasteiger partial charge on any atom is 0.244 e. The summed E-state index contributed by atoms with van der Waals surface area (Å²) in [6.07, 6.45) is 0.695. The molecule has 2 aromatic carbocycles. The minimum atomic E-state index is -3.76. The summed E-state index contributed by atoms with van der Waals surface area (Å²) < 4.78 is 39.6. The van der Waals surface area contributed by atoms with Gasteiger partial charge in [-0.15, -0.1) is 0 Å². The predicted molar refractivity (Wildman–Crippen MR) is 115 cm³/mol. The van der Waals surface area contributed by atoms with Crippen LogP contribution in [0.1, 0.15) is 24.5 Å². The summed E-state index contributed by atoms with van der Waals surface area (Å²) >= 11 is 3.38. The van der Waals surface area contributed by atoms with Crippen LogP contribution in [0.3, 0.4) is 0 Å². The van der Waals surface area contributed by atoms with E-state index in [1.807, 2.05) is 26.0 Å². The maximum atomic E-state index is 13.5. The average molecular weight is 468 g/mol. The number of nitrogens with zero attached hydrogens (tertiary/aromatic N) is 1. The first-order valence-electron chi connectivity index (χ1n) is 8.86. The molecule has 0 saturated carbocycles. The van der Waals surface area contributed by atoms with Crippen molar-refractivity contribution in [2.45, 2.75) is 31.7 Å². The quantitative estimate of drug-likeness (QED) is 0.490. The molecule has 0 atom stereocenters. The molecule has 0 aliphatic carbocycles. The molecule has 0 heterocycles. The fourth-order valence-electron chi connectivity index (χ4n) is 2.71. The van der Waals surface area contributed by atoms with Crippen LogP contribution in [0, 0.1) is 6.92 Å². The Bertz CT molecular complexity index is 957. The highest BCUT2D eigenvalue weighted by atomic mass is 79.9. The van der Waals surface area contributed by atoms with E-state index in [-0.39, 0.29) is 18.0 Å². The maximum absolute atomic E-state index is 13.5. The second-order valence-corrected chi connectivity index (χ2v) is 9.25. The van der Waals surface area contributed by atoms with Gasteiger partial charge in [-0.1, -0.05) is 31.2 Å². The molecule has 152 valence electrons. The van der Waals surface area contributed by atoms with Crippen LogP contribution in [0.2, 0.25) is 0 Å². The van der Waals surface area contributed by atoms with Crippen molar-refractivity contribution < 1.29 is 17.9 Å². The first-order chi connectivity index (χ1) is 13.2. The van der Waals surface area contributed by atoms with Gasteiger partial charge in [0, 0.05) is 29.2 Å². The predicted octanol–water partition coefficient (Wildman–Crippen LogP) is 4.93. The average Bonchev–Trinajstić information content (AvgIpc) is 2.69. The molecule has 7 heteroatoms. The molecule has 5 nitrogen and oxygen atoms in total. The first kappa shape index (κ1) is 22.5. The summed E-state index contributed by atoms with van der Waals surface area (Å²) in [4.78, 5) is 0.240.